The van der Waals surface area contributed by atoms with Crippen LogP contribution in [0.1, 0.15) is 36.5 Å². The maximum absolute atomic E-state index is 13.0. The third-order valence-electron chi connectivity index (χ3n) is 3.04. The van der Waals surface area contributed by atoms with Crippen LogP contribution < -0.4 is 0 Å². The van der Waals surface area contributed by atoms with E-state index < -0.39 is 11.6 Å². The Bertz CT molecular complexity index is 631. The van der Waals surface area contributed by atoms with E-state index in [1.165, 1.54) is 24.5 Å². The quantitative estimate of drug-likeness (QED) is 0.709. The van der Waals surface area contributed by atoms with E-state index in [0.29, 0.717) is 5.56 Å². The van der Waals surface area contributed by atoms with Crippen LogP contribution >= 0.6 is 0 Å². The third-order valence-corrected chi connectivity index (χ3v) is 3.04. The topological polar surface area (TPSA) is 0 Å². The Balaban J connectivity index is 2.10. The summed E-state index contributed by atoms with van der Waals surface area (Å²) in [5.74, 6) is 4.07. The summed E-state index contributed by atoms with van der Waals surface area (Å²) in [6, 6.07) is 11.7. The Morgan fingerprint density at radius 3 is 2.15 bits per heavy atom. The maximum Gasteiger partial charge on any atom is 0.160 e. The monoisotopic (exact) mass is 270 g/mol. The van der Waals surface area contributed by atoms with E-state index in [0.717, 1.165) is 24.1 Å². The highest BCUT2D eigenvalue weighted by Crippen LogP contribution is 2.09. The molecule has 2 aromatic carbocycles. The first-order valence-corrected chi connectivity index (χ1v) is 6.75. The number of aryl methyl sites for hydroxylation is 1. The lowest BCUT2D eigenvalue weighted by Crippen LogP contribution is -1.86. The van der Waals surface area contributed by atoms with Gasteiger partial charge in [0.25, 0.3) is 0 Å². The van der Waals surface area contributed by atoms with Crippen molar-refractivity contribution < 1.29 is 8.78 Å². The average Bonchev–Trinajstić information content (AvgIpc) is 2.47. The van der Waals surface area contributed by atoms with Gasteiger partial charge in [-0.05, 0) is 48.7 Å². The van der Waals surface area contributed by atoms with Crippen LogP contribution in [0.4, 0.5) is 8.78 Å². The van der Waals surface area contributed by atoms with Crippen LogP contribution in [0.5, 0.6) is 0 Å². The van der Waals surface area contributed by atoms with Crippen LogP contribution in [0, 0.1) is 23.5 Å². The van der Waals surface area contributed by atoms with Crippen molar-refractivity contribution >= 4 is 0 Å². The van der Waals surface area contributed by atoms with Crippen molar-refractivity contribution in [1.29, 1.82) is 0 Å². The van der Waals surface area contributed by atoms with Gasteiger partial charge < -0.3 is 0 Å². The van der Waals surface area contributed by atoms with Gasteiger partial charge in [0.15, 0.2) is 11.6 Å². The summed E-state index contributed by atoms with van der Waals surface area (Å²) in [6.07, 6.45) is 3.44. The summed E-state index contributed by atoms with van der Waals surface area (Å²) in [7, 11) is 0. The van der Waals surface area contributed by atoms with Crippen LogP contribution in [0.25, 0.3) is 0 Å². The number of unbranched alkanes of at least 4 members (excludes halogenated alkanes) is 1. The Hall–Kier alpha value is -2.14. The molecule has 20 heavy (non-hydrogen) atoms. The zero-order valence-electron chi connectivity index (χ0n) is 11.4. The number of benzene rings is 2. The SMILES string of the molecule is CCCCc1ccc(C#Cc2ccc(F)c(F)c2)cc1. The molecule has 2 rings (SSSR count). The van der Waals surface area contributed by atoms with Crippen LogP contribution in [0.3, 0.4) is 0 Å². The van der Waals surface area contributed by atoms with E-state index in [-0.39, 0.29) is 0 Å². The molecule has 0 amide bonds. The molecule has 0 radical (unpaired) electrons. The highest BCUT2D eigenvalue weighted by molar-refractivity contribution is 5.43. The molecule has 0 aliphatic rings. The van der Waals surface area contributed by atoms with Gasteiger partial charge >= 0.3 is 0 Å². The predicted octanol–water partition coefficient (Wildman–Crippen LogP) is 4.71. The molecule has 0 unspecified atom stereocenters. The van der Waals surface area contributed by atoms with Crippen LogP contribution in [0.15, 0.2) is 42.5 Å². The minimum atomic E-state index is -0.869. The largest absolute Gasteiger partial charge is 0.204 e. The number of hydrogen-bond donors (Lipinski definition) is 0. The zero-order valence-corrected chi connectivity index (χ0v) is 11.4. The fourth-order valence-electron chi connectivity index (χ4n) is 1.85. The summed E-state index contributed by atoms with van der Waals surface area (Å²) in [5.41, 5.74) is 2.64. The van der Waals surface area contributed by atoms with Gasteiger partial charge in [0, 0.05) is 11.1 Å². The van der Waals surface area contributed by atoms with Gasteiger partial charge in [-0.3, -0.25) is 0 Å². The summed E-state index contributed by atoms with van der Waals surface area (Å²) in [5, 5.41) is 0. The first kappa shape index (κ1) is 14.3. The zero-order chi connectivity index (χ0) is 14.4. The van der Waals surface area contributed by atoms with E-state index in [4.69, 9.17) is 0 Å². The standard InChI is InChI=1S/C18H16F2/c1-2-3-4-14-5-7-15(8-6-14)9-10-16-11-12-17(19)18(20)13-16/h5-8,11-13H,2-4H2,1H3. The van der Waals surface area contributed by atoms with Gasteiger partial charge in [-0.1, -0.05) is 37.3 Å². The lowest BCUT2D eigenvalue weighted by Gasteiger charge is -1.99. The molecular weight excluding hydrogens is 254 g/mol. The van der Waals surface area contributed by atoms with Crippen molar-refractivity contribution in [3.8, 4) is 11.8 Å². The molecule has 0 aromatic heterocycles. The van der Waals surface area contributed by atoms with E-state index >= 15 is 0 Å². The normalized spacial score (nSPS) is 9.95. The maximum atomic E-state index is 13.0. The van der Waals surface area contributed by atoms with Crippen molar-refractivity contribution in [3.63, 3.8) is 0 Å². The summed E-state index contributed by atoms with van der Waals surface area (Å²) in [6.45, 7) is 2.17. The first-order chi connectivity index (χ1) is 9.69. The van der Waals surface area contributed by atoms with Gasteiger partial charge in [0.2, 0.25) is 0 Å². The summed E-state index contributed by atoms with van der Waals surface area (Å²) in [4.78, 5) is 0. The van der Waals surface area contributed by atoms with Gasteiger partial charge in [0.05, 0.1) is 0 Å². The second kappa shape index (κ2) is 6.86. The highest BCUT2D eigenvalue weighted by atomic mass is 19.2. The smallest absolute Gasteiger partial charge is 0.160 e. The molecule has 0 aliphatic carbocycles. The molecule has 2 heteroatoms. The number of halogens is 2. The molecule has 0 fully saturated rings. The van der Waals surface area contributed by atoms with E-state index in [1.54, 1.807) is 0 Å². The van der Waals surface area contributed by atoms with Crippen molar-refractivity contribution in [2.45, 2.75) is 26.2 Å². The Kier molecular flexibility index (Phi) is 4.90. The van der Waals surface area contributed by atoms with Crippen molar-refractivity contribution in [2.24, 2.45) is 0 Å². The van der Waals surface area contributed by atoms with Crippen molar-refractivity contribution in [1.82, 2.24) is 0 Å². The highest BCUT2D eigenvalue weighted by Gasteiger charge is 2.00. The summed E-state index contributed by atoms with van der Waals surface area (Å²) >= 11 is 0. The fraction of sp³-hybridized carbons (Fsp3) is 0.222. The summed E-state index contributed by atoms with van der Waals surface area (Å²) < 4.78 is 25.8. The fourth-order valence-corrected chi connectivity index (χ4v) is 1.85. The molecule has 0 nitrogen and oxygen atoms in total. The Morgan fingerprint density at radius 1 is 0.850 bits per heavy atom. The molecule has 0 saturated heterocycles. The lowest BCUT2D eigenvalue weighted by atomic mass is 10.1. The minimum absolute atomic E-state index is 0.471. The third kappa shape index (κ3) is 3.93. The van der Waals surface area contributed by atoms with Crippen molar-refractivity contribution in [3.05, 3.63) is 70.8 Å². The average molecular weight is 270 g/mol. The van der Waals surface area contributed by atoms with Crippen LogP contribution in [-0.2, 0) is 6.42 Å². The van der Waals surface area contributed by atoms with Crippen LogP contribution in [-0.4, -0.2) is 0 Å². The first-order valence-electron chi connectivity index (χ1n) is 6.75. The number of hydrogen-bond acceptors (Lipinski definition) is 0. The molecule has 0 spiro atoms. The molecule has 0 aliphatic heterocycles. The molecule has 2 aromatic rings. The molecule has 0 saturated carbocycles. The van der Waals surface area contributed by atoms with Gasteiger partial charge in [0.1, 0.15) is 0 Å². The van der Waals surface area contributed by atoms with Crippen LogP contribution in [0.2, 0.25) is 0 Å². The Labute approximate surface area is 118 Å². The molecular formula is C18H16F2. The van der Waals surface area contributed by atoms with Gasteiger partial charge in [-0.25, -0.2) is 8.78 Å². The second-order valence-corrected chi connectivity index (χ2v) is 4.68. The number of rotatable bonds is 3. The molecule has 102 valence electrons. The molecule has 0 bridgehead atoms. The molecule has 0 atom stereocenters. The minimum Gasteiger partial charge on any atom is -0.204 e. The molecule has 0 N–H and O–H groups in total. The van der Waals surface area contributed by atoms with E-state index in [9.17, 15) is 8.78 Å². The predicted molar refractivity (Wildman–Crippen MR) is 77.4 cm³/mol. The van der Waals surface area contributed by atoms with Crippen molar-refractivity contribution in [2.75, 3.05) is 0 Å². The van der Waals surface area contributed by atoms with Gasteiger partial charge in [-0.15, -0.1) is 0 Å². The van der Waals surface area contributed by atoms with E-state index in [2.05, 4.69) is 30.9 Å². The van der Waals surface area contributed by atoms with E-state index in [1.807, 2.05) is 12.1 Å². The lowest BCUT2D eigenvalue weighted by molar-refractivity contribution is 0.508. The Morgan fingerprint density at radius 2 is 1.50 bits per heavy atom. The molecule has 0 heterocycles. The second-order valence-electron chi connectivity index (χ2n) is 4.68. The van der Waals surface area contributed by atoms with Gasteiger partial charge in [-0.2, -0.15) is 0 Å².